The van der Waals surface area contributed by atoms with Crippen molar-refractivity contribution < 1.29 is 39.2 Å². The maximum absolute atomic E-state index is 14.8. The molecule has 4 aliphatic rings. The average Bonchev–Trinajstić information content (AvgIpc) is 4.44. The maximum Gasteiger partial charge on any atom is 0.312 e. The van der Waals surface area contributed by atoms with Gasteiger partial charge in [-0.3, -0.25) is 39.4 Å². The van der Waals surface area contributed by atoms with Gasteiger partial charge in [-0.2, -0.15) is 0 Å². The number of rotatable bonds is 10. The van der Waals surface area contributed by atoms with Crippen molar-refractivity contribution in [2.24, 2.45) is 0 Å². The highest BCUT2D eigenvalue weighted by Crippen LogP contribution is 2.48. The summed E-state index contributed by atoms with van der Waals surface area (Å²) in [7, 11) is 0. The van der Waals surface area contributed by atoms with Gasteiger partial charge in [0.15, 0.2) is 0 Å². The molecule has 2 N–H and O–H groups in total. The van der Waals surface area contributed by atoms with Crippen LogP contribution in [0.1, 0.15) is 189 Å². The molecule has 4 amide bonds. The summed E-state index contributed by atoms with van der Waals surface area (Å²) >= 11 is 0. The fourth-order valence-electron chi connectivity index (χ4n) is 10.8. The molecule has 0 spiro atoms. The Morgan fingerprint density at radius 3 is 1.09 bits per heavy atom. The van der Waals surface area contributed by atoms with E-state index in [0.717, 1.165) is 57.0 Å². The van der Waals surface area contributed by atoms with E-state index < -0.39 is 67.5 Å². The number of phenolic OH excluding ortho intramolecular Hbond substituents is 2. The Balaban J connectivity index is 1.07. The van der Waals surface area contributed by atoms with E-state index in [4.69, 9.17) is 0 Å². The molecule has 0 bridgehead atoms. The van der Waals surface area contributed by atoms with Crippen LogP contribution in [0.2, 0.25) is 0 Å². The molecular formula is C64H52N4O10. The highest BCUT2D eigenvalue weighted by atomic mass is 16.6. The molecular weight excluding hydrogens is 985 g/mol. The predicted octanol–water partition coefficient (Wildman–Crippen LogP) is 13.6. The molecule has 0 atom stereocenters. The first-order chi connectivity index (χ1) is 37.2. The van der Waals surface area contributed by atoms with E-state index in [1.807, 2.05) is 116 Å². The summed E-state index contributed by atoms with van der Waals surface area (Å²) in [5, 5.41) is 48.8. The number of benzene rings is 6. The first-order valence-electron chi connectivity index (χ1n) is 25.7. The standard InChI is InChI=1S/C64H52N4O10/c1-33(2)47-27-43(37-15-9-10-16-37)28-48(34(3)4)57(47)65-61(71)53-41(31-51(67(75)76)59(69)55(53)63(65)73)25-23-39-21-22-40(46-20-14-13-19-45(39)46)24-26-42-32-52(68(77)78)60(70)56-54(42)62(72)66(64(56)74)58-49(35(5)6)29-44(30-50(58)36(7)8)38-17-11-12-18-38/h9-15,17,19-22,27-36,69-70H,16,18H2,1-8H3. The lowest BCUT2D eigenvalue weighted by molar-refractivity contribution is -0.386. The van der Waals surface area contributed by atoms with Crippen molar-refractivity contribution in [3.05, 3.63) is 207 Å². The first kappa shape index (κ1) is 51.8. The number of nitrogens with zero attached hydrogens (tertiary/aromatic N) is 4. The number of carbonyl (C=O) groups excluding carboxylic acids is 4. The van der Waals surface area contributed by atoms with E-state index in [0.29, 0.717) is 55.5 Å². The highest BCUT2D eigenvalue weighted by Gasteiger charge is 2.47. The zero-order chi connectivity index (χ0) is 55.8. The lowest BCUT2D eigenvalue weighted by atomic mass is 9.87. The van der Waals surface area contributed by atoms with Crippen LogP contribution in [0, 0.1) is 43.9 Å². The minimum absolute atomic E-state index is 0.157. The Kier molecular flexibility index (Phi) is 13.2. The normalized spacial score (nSPS) is 14.5. The van der Waals surface area contributed by atoms with Crippen LogP contribution in [-0.2, 0) is 0 Å². The third-order valence-electron chi connectivity index (χ3n) is 14.8. The number of allylic oxidation sites excluding steroid dienone is 8. The molecule has 14 nitrogen and oxygen atoms in total. The van der Waals surface area contributed by atoms with Crippen molar-refractivity contribution in [2.45, 2.75) is 91.9 Å². The second-order valence-electron chi connectivity index (χ2n) is 21.0. The van der Waals surface area contributed by atoms with E-state index in [-0.39, 0.29) is 45.9 Å². The van der Waals surface area contributed by atoms with Crippen molar-refractivity contribution in [2.75, 3.05) is 9.80 Å². The number of carbonyl (C=O) groups is 4. The van der Waals surface area contributed by atoms with Gasteiger partial charge in [-0.25, -0.2) is 9.80 Å². The van der Waals surface area contributed by atoms with Gasteiger partial charge < -0.3 is 10.2 Å². The van der Waals surface area contributed by atoms with Crippen molar-refractivity contribution in [1.82, 2.24) is 0 Å². The molecule has 388 valence electrons. The number of amides is 4. The monoisotopic (exact) mass is 1040 g/mol. The number of imide groups is 2. The van der Waals surface area contributed by atoms with Gasteiger partial charge in [-0.05, 0) is 128 Å². The van der Waals surface area contributed by atoms with Gasteiger partial charge in [0, 0.05) is 34.4 Å². The lowest BCUT2D eigenvalue weighted by Crippen LogP contribution is -2.32. The Morgan fingerprint density at radius 1 is 0.474 bits per heavy atom. The number of hydrogen-bond donors (Lipinski definition) is 2. The molecule has 0 aromatic heterocycles. The third-order valence-corrected chi connectivity index (χ3v) is 14.8. The van der Waals surface area contributed by atoms with E-state index >= 15 is 0 Å². The van der Waals surface area contributed by atoms with Crippen LogP contribution in [-0.4, -0.2) is 43.7 Å². The van der Waals surface area contributed by atoms with Crippen LogP contribution in [0.15, 0.2) is 109 Å². The number of anilines is 2. The van der Waals surface area contributed by atoms with Crippen LogP contribution in [0.5, 0.6) is 11.5 Å². The number of aromatic hydroxyl groups is 2. The Labute approximate surface area is 450 Å². The van der Waals surface area contributed by atoms with Gasteiger partial charge in [0.05, 0.1) is 32.3 Å². The molecule has 78 heavy (non-hydrogen) atoms. The predicted molar refractivity (Wildman–Crippen MR) is 300 cm³/mol. The fourth-order valence-corrected chi connectivity index (χ4v) is 10.8. The molecule has 2 aliphatic heterocycles. The van der Waals surface area contributed by atoms with Crippen LogP contribution in [0.25, 0.3) is 21.9 Å². The summed E-state index contributed by atoms with van der Waals surface area (Å²) < 4.78 is 0. The average molecular weight is 1040 g/mol. The minimum atomic E-state index is -0.945. The summed E-state index contributed by atoms with van der Waals surface area (Å²) in [5.74, 6) is 5.98. The molecule has 0 radical (unpaired) electrons. The summed E-state index contributed by atoms with van der Waals surface area (Å²) in [6, 6.07) is 20.1. The molecule has 0 unspecified atom stereocenters. The second-order valence-corrected chi connectivity index (χ2v) is 21.0. The van der Waals surface area contributed by atoms with Crippen molar-refractivity contribution in [3.63, 3.8) is 0 Å². The quantitative estimate of drug-likeness (QED) is 0.0575. The Hall–Kier alpha value is -9.66. The summed E-state index contributed by atoms with van der Waals surface area (Å²) in [5.41, 5.74) is 4.82. The largest absolute Gasteiger partial charge is 0.502 e. The summed E-state index contributed by atoms with van der Waals surface area (Å²) in [6.07, 6.45) is 13.5. The van der Waals surface area contributed by atoms with Crippen LogP contribution < -0.4 is 9.80 Å². The Morgan fingerprint density at radius 2 is 0.795 bits per heavy atom. The molecule has 0 saturated carbocycles. The van der Waals surface area contributed by atoms with Gasteiger partial charge in [-0.15, -0.1) is 0 Å². The summed E-state index contributed by atoms with van der Waals surface area (Å²) in [4.78, 5) is 84.2. The highest BCUT2D eigenvalue weighted by molar-refractivity contribution is 6.38. The minimum Gasteiger partial charge on any atom is -0.502 e. The first-order valence-corrected chi connectivity index (χ1v) is 25.7. The van der Waals surface area contributed by atoms with Crippen LogP contribution >= 0.6 is 0 Å². The topological polar surface area (TPSA) is 202 Å². The maximum atomic E-state index is 14.8. The third kappa shape index (κ3) is 8.52. The van der Waals surface area contributed by atoms with Gasteiger partial charge in [0.2, 0.25) is 11.5 Å². The fraction of sp³-hybridized carbons (Fsp3) is 0.219. The zero-order valence-electron chi connectivity index (χ0n) is 44.1. The number of nitro groups is 2. The number of nitro benzene ring substituents is 2. The van der Waals surface area contributed by atoms with Gasteiger partial charge >= 0.3 is 11.4 Å². The van der Waals surface area contributed by atoms with Gasteiger partial charge in [0.25, 0.3) is 23.6 Å². The lowest BCUT2D eigenvalue weighted by Gasteiger charge is -2.27. The van der Waals surface area contributed by atoms with Crippen molar-refractivity contribution in [3.8, 4) is 35.2 Å². The van der Waals surface area contributed by atoms with Crippen molar-refractivity contribution in [1.29, 1.82) is 0 Å². The number of hydrogen-bond acceptors (Lipinski definition) is 10. The van der Waals surface area contributed by atoms with Gasteiger partial charge in [0.1, 0.15) is 11.1 Å². The molecule has 6 aromatic rings. The summed E-state index contributed by atoms with van der Waals surface area (Å²) in [6.45, 7) is 15.6. The van der Waals surface area contributed by atoms with E-state index in [1.54, 1.807) is 36.4 Å². The molecule has 10 rings (SSSR count). The van der Waals surface area contributed by atoms with Crippen molar-refractivity contribution >= 4 is 68.3 Å². The van der Waals surface area contributed by atoms with E-state index in [1.165, 1.54) is 0 Å². The molecule has 0 fully saturated rings. The van der Waals surface area contributed by atoms with Crippen LogP contribution in [0.3, 0.4) is 0 Å². The SMILES string of the molecule is CC(C)c1cc(C2=CC=CC2)cc(C(C)C)c1N1C(=O)c2c(C#Cc3ccc(C#Cc4cc([N+](=O)[O-])c(O)c5c4C(=O)N(c4c(C(C)C)cc(C6=CC=CC6)cc4C(C)C)C5=O)c4ccccc34)cc([N+](=O)[O-])c(O)c2C1=O. The van der Waals surface area contributed by atoms with E-state index in [2.05, 4.69) is 23.7 Å². The molecule has 2 aliphatic carbocycles. The molecule has 0 saturated heterocycles. The molecule has 6 aromatic carbocycles. The number of fused-ring (bicyclic) bond motifs is 3. The van der Waals surface area contributed by atoms with Gasteiger partial charge in [-0.1, -0.05) is 140 Å². The molecule has 2 heterocycles. The molecule has 14 heteroatoms. The van der Waals surface area contributed by atoms with Crippen LogP contribution in [0.4, 0.5) is 22.7 Å². The Bertz CT molecular complexity index is 3700. The smallest absolute Gasteiger partial charge is 0.312 e. The second kappa shape index (κ2) is 19.8. The number of phenols is 2. The van der Waals surface area contributed by atoms with E-state index in [9.17, 15) is 49.6 Å². The zero-order valence-corrected chi connectivity index (χ0v) is 44.1.